The Morgan fingerprint density at radius 2 is 1.76 bits per heavy atom. The summed E-state index contributed by atoms with van der Waals surface area (Å²) in [6, 6.07) is 10.6. The molecule has 3 unspecified atom stereocenters. The van der Waals surface area contributed by atoms with Crippen LogP contribution in [0.3, 0.4) is 0 Å². The molecule has 5 nitrogen and oxygen atoms in total. The molecule has 4 atom stereocenters. The molecule has 0 fully saturated rings. The second-order valence-electron chi connectivity index (χ2n) is 16.1. The first-order chi connectivity index (χ1) is 27.2. The molecular formula is C50H41N3O2. The Balaban J connectivity index is 0.890. The average molecular weight is 716 g/mol. The van der Waals surface area contributed by atoms with Crippen molar-refractivity contribution in [2.24, 2.45) is 22.7 Å². The van der Waals surface area contributed by atoms with Crippen LogP contribution in [0.25, 0.3) is 39.1 Å². The number of aliphatic imine (C=N–C) groups is 1. The van der Waals surface area contributed by atoms with E-state index in [9.17, 15) is 0 Å². The first-order valence-electron chi connectivity index (χ1n) is 20.1. The van der Waals surface area contributed by atoms with Gasteiger partial charge in [0.15, 0.2) is 0 Å². The van der Waals surface area contributed by atoms with Crippen molar-refractivity contribution >= 4 is 44.8 Å². The van der Waals surface area contributed by atoms with Crippen LogP contribution in [0.5, 0.6) is 0 Å². The van der Waals surface area contributed by atoms with Crippen LogP contribution in [0.4, 0.5) is 0 Å². The summed E-state index contributed by atoms with van der Waals surface area (Å²) in [5.74, 6) is 3.42. The van der Waals surface area contributed by atoms with Crippen LogP contribution in [-0.2, 0) is 12.8 Å². The molecule has 7 aliphatic carbocycles. The molecule has 1 N–H and O–H groups in total. The lowest BCUT2D eigenvalue weighted by atomic mass is 9.64. The smallest absolute Gasteiger partial charge is 0.146 e. The maximum absolute atomic E-state index is 6.57. The SMILES string of the molecule is C1=CC(C2=N[C@H](C3=C4C=CCCC4C(C4Cc5ccoc5C5=C4C=CC5)C=C3)NC(C3=CC=C(c4nc5ccccc5c5oc6c(c45)CCC=C6)C3)=C2)=CC1. The molecule has 0 spiro atoms. The Labute approximate surface area is 320 Å². The number of pyridine rings is 1. The highest BCUT2D eigenvalue weighted by Gasteiger charge is 2.41. The maximum Gasteiger partial charge on any atom is 0.146 e. The summed E-state index contributed by atoms with van der Waals surface area (Å²) in [5.41, 5.74) is 17.1. The van der Waals surface area contributed by atoms with Crippen LogP contribution < -0.4 is 5.32 Å². The van der Waals surface area contributed by atoms with Crippen molar-refractivity contribution < 1.29 is 8.83 Å². The van der Waals surface area contributed by atoms with E-state index in [1.165, 1.54) is 55.5 Å². The van der Waals surface area contributed by atoms with Crippen molar-refractivity contribution in [3.8, 4) is 0 Å². The van der Waals surface area contributed by atoms with Gasteiger partial charge in [-0.3, -0.25) is 4.99 Å². The molecule has 4 heterocycles. The van der Waals surface area contributed by atoms with Crippen molar-refractivity contribution in [2.45, 2.75) is 57.5 Å². The van der Waals surface area contributed by atoms with E-state index in [1.54, 1.807) is 0 Å². The third kappa shape index (κ3) is 4.91. The molecule has 5 heteroatoms. The van der Waals surface area contributed by atoms with Crippen molar-refractivity contribution in [2.75, 3.05) is 0 Å². The van der Waals surface area contributed by atoms with Gasteiger partial charge in [-0.05, 0) is 132 Å². The highest BCUT2D eigenvalue weighted by atomic mass is 16.3. The molecule has 8 aliphatic rings. The minimum absolute atomic E-state index is 0.182. The van der Waals surface area contributed by atoms with Gasteiger partial charge in [0.25, 0.3) is 0 Å². The molecule has 55 heavy (non-hydrogen) atoms. The molecule has 1 aromatic carbocycles. The normalized spacial score (nSPS) is 26.1. The van der Waals surface area contributed by atoms with E-state index in [0.717, 1.165) is 96.5 Å². The first-order valence-corrected chi connectivity index (χ1v) is 20.1. The van der Waals surface area contributed by atoms with Gasteiger partial charge < -0.3 is 14.2 Å². The summed E-state index contributed by atoms with van der Waals surface area (Å²) in [4.78, 5) is 10.8. The van der Waals surface area contributed by atoms with Gasteiger partial charge in [0.05, 0.1) is 28.6 Å². The van der Waals surface area contributed by atoms with Gasteiger partial charge in [0, 0.05) is 28.6 Å². The minimum atomic E-state index is -0.182. The average Bonchev–Trinajstić information content (AvgIpc) is 4.09. The van der Waals surface area contributed by atoms with E-state index < -0.39 is 0 Å². The molecule has 0 saturated heterocycles. The van der Waals surface area contributed by atoms with E-state index in [0.29, 0.717) is 17.8 Å². The molecule has 0 radical (unpaired) electrons. The maximum atomic E-state index is 6.57. The van der Waals surface area contributed by atoms with Crippen LogP contribution in [0, 0.1) is 17.8 Å². The van der Waals surface area contributed by atoms with Crippen LogP contribution >= 0.6 is 0 Å². The Hall–Kier alpha value is -5.94. The number of aromatic nitrogens is 1. The van der Waals surface area contributed by atoms with Gasteiger partial charge in [-0.25, -0.2) is 4.98 Å². The number of hydrogen-bond donors (Lipinski definition) is 1. The van der Waals surface area contributed by atoms with Gasteiger partial charge in [0.2, 0.25) is 0 Å². The zero-order valence-electron chi connectivity index (χ0n) is 30.7. The van der Waals surface area contributed by atoms with Gasteiger partial charge in [0.1, 0.15) is 23.3 Å². The molecule has 268 valence electrons. The summed E-state index contributed by atoms with van der Waals surface area (Å²) in [7, 11) is 0. The summed E-state index contributed by atoms with van der Waals surface area (Å²) < 4.78 is 12.6. The predicted octanol–water partition coefficient (Wildman–Crippen LogP) is 11.4. The number of furan rings is 2. The number of rotatable bonds is 5. The summed E-state index contributed by atoms with van der Waals surface area (Å²) in [5, 5.41) is 6.22. The van der Waals surface area contributed by atoms with Crippen molar-refractivity contribution in [1.29, 1.82) is 0 Å². The number of benzene rings is 1. The minimum Gasteiger partial charge on any atom is -0.464 e. The fraction of sp³-hybridized carbons (Fsp3) is 0.240. The zero-order valence-corrected chi connectivity index (χ0v) is 30.7. The van der Waals surface area contributed by atoms with E-state index in [-0.39, 0.29) is 6.17 Å². The van der Waals surface area contributed by atoms with Gasteiger partial charge >= 0.3 is 0 Å². The number of aryl methyl sites for hydroxylation is 1. The van der Waals surface area contributed by atoms with Crippen LogP contribution in [0.2, 0.25) is 0 Å². The van der Waals surface area contributed by atoms with Crippen LogP contribution in [0.1, 0.15) is 66.9 Å². The molecule has 0 saturated carbocycles. The molecule has 0 bridgehead atoms. The first kappa shape index (κ1) is 31.4. The van der Waals surface area contributed by atoms with E-state index >= 15 is 0 Å². The number of nitrogens with zero attached hydrogens (tertiary/aromatic N) is 2. The quantitative estimate of drug-likeness (QED) is 0.223. The van der Waals surface area contributed by atoms with Crippen LogP contribution in [-0.4, -0.2) is 16.9 Å². The third-order valence-electron chi connectivity index (χ3n) is 13.1. The largest absolute Gasteiger partial charge is 0.464 e. The Kier molecular flexibility index (Phi) is 7.02. The standard InChI is InChI=1S/C50H41N3O2/c1-2-11-29(10-1)43-28-44(30-20-21-31(26-30)47-46-40-15-6-8-19-45(40)55-49(46)39-14-5-7-18-42(39)51-47)53-50(52-43)38-23-22-36(33-12-3-4-13-34(33)38)41-27-32-24-25-54-48(32)37-17-9-16-35(37)41/h1,4-5,7-11,13-14,16,18-25,28,33,36,41,50,53H,2-3,6,12,15,17,26-27H2/t33?,36?,41?,50-/m0/s1. The van der Waals surface area contributed by atoms with Crippen molar-refractivity contribution in [3.05, 3.63) is 177 Å². The number of allylic oxidation sites excluding steroid dienone is 18. The Morgan fingerprint density at radius 3 is 2.73 bits per heavy atom. The van der Waals surface area contributed by atoms with E-state index in [2.05, 4.69) is 121 Å². The predicted molar refractivity (Wildman–Crippen MR) is 222 cm³/mol. The topological polar surface area (TPSA) is 63.6 Å². The molecule has 12 rings (SSSR count). The lowest BCUT2D eigenvalue weighted by molar-refractivity contribution is 0.322. The van der Waals surface area contributed by atoms with Gasteiger partial charge in [-0.1, -0.05) is 85.0 Å². The number of nitrogens with one attached hydrogen (secondary N) is 1. The number of para-hydroxylation sites is 1. The number of hydrogen-bond acceptors (Lipinski definition) is 5. The van der Waals surface area contributed by atoms with Crippen molar-refractivity contribution in [3.63, 3.8) is 0 Å². The second kappa shape index (κ2) is 12.3. The Bertz CT molecular complexity index is 2750. The van der Waals surface area contributed by atoms with Gasteiger partial charge in [-0.2, -0.15) is 0 Å². The summed E-state index contributed by atoms with van der Waals surface area (Å²) in [6.45, 7) is 0. The van der Waals surface area contributed by atoms with Crippen LogP contribution in [0.15, 0.2) is 163 Å². The fourth-order valence-electron chi connectivity index (χ4n) is 10.6. The number of fused-ring (bicyclic) bond motifs is 8. The highest BCUT2D eigenvalue weighted by Crippen LogP contribution is 2.51. The lowest BCUT2D eigenvalue weighted by Crippen LogP contribution is -2.38. The molecular weight excluding hydrogens is 675 g/mol. The monoisotopic (exact) mass is 715 g/mol. The van der Waals surface area contributed by atoms with E-state index in [4.69, 9.17) is 18.8 Å². The summed E-state index contributed by atoms with van der Waals surface area (Å²) >= 11 is 0. The van der Waals surface area contributed by atoms with Crippen molar-refractivity contribution in [1.82, 2.24) is 10.3 Å². The fourth-order valence-corrected chi connectivity index (χ4v) is 10.6. The summed E-state index contributed by atoms with van der Waals surface area (Å²) in [6.07, 6.45) is 42.1. The zero-order chi connectivity index (χ0) is 36.0. The molecule has 1 aliphatic heterocycles. The Morgan fingerprint density at radius 1 is 0.836 bits per heavy atom. The third-order valence-corrected chi connectivity index (χ3v) is 13.1. The highest BCUT2D eigenvalue weighted by molar-refractivity contribution is 6.12. The lowest BCUT2D eigenvalue weighted by Gasteiger charge is -2.41. The second-order valence-corrected chi connectivity index (χ2v) is 16.1. The van der Waals surface area contributed by atoms with Gasteiger partial charge in [-0.15, -0.1) is 0 Å². The molecule has 3 aromatic heterocycles. The molecule has 0 amide bonds. The molecule has 4 aromatic rings. The van der Waals surface area contributed by atoms with E-state index in [1.807, 2.05) is 6.26 Å².